The van der Waals surface area contributed by atoms with Crippen LogP contribution in [0.4, 0.5) is 5.82 Å². The zero-order valence-corrected chi connectivity index (χ0v) is 10.8. The van der Waals surface area contributed by atoms with Gasteiger partial charge in [0.2, 0.25) is 5.91 Å². The van der Waals surface area contributed by atoms with Crippen LogP contribution in [0.5, 0.6) is 0 Å². The van der Waals surface area contributed by atoms with Crippen molar-refractivity contribution in [3.05, 3.63) is 23.9 Å². The number of anilines is 1. The number of carbonyl (C=O) groups is 1. The molecule has 1 amide bonds. The Morgan fingerprint density at radius 2 is 2.26 bits per heavy atom. The van der Waals surface area contributed by atoms with Gasteiger partial charge in [0.15, 0.2) is 0 Å². The minimum absolute atomic E-state index is 0.0208. The van der Waals surface area contributed by atoms with Crippen LogP contribution in [-0.4, -0.2) is 48.1 Å². The van der Waals surface area contributed by atoms with E-state index in [0.29, 0.717) is 37.8 Å². The molecule has 1 aliphatic rings. The number of pyridine rings is 1. The lowest BCUT2D eigenvalue weighted by molar-refractivity contribution is -0.135. The standard InChI is InChI=1S/C13H16N4O2/c1-10(13(18)17-5-7-19-8-6-17)15-12-4-2-3-11(9-14)16-12/h2-4,10H,5-8H2,1H3,(H,15,16). The molecule has 100 valence electrons. The first-order valence-electron chi connectivity index (χ1n) is 6.21. The lowest BCUT2D eigenvalue weighted by atomic mass is 10.2. The van der Waals surface area contributed by atoms with Crippen molar-refractivity contribution in [2.24, 2.45) is 0 Å². The summed E-state index contributed by atoms with van der Waals surface area (Å²) in [5.74, 6) is 0.556. The molecule has 0 aromatic carbocycles. The maximum absolute atomic E-state index is 12.2. The highest BCUT2D eigenvalue weighted by atomic mass is 16.5. The maximum atomic E-state index is 12.2. The first-order valence-corrected chi connectivity index (χ1v) is 6.21. The zero-order valence-electron chi connectivity index (χ0n) is 10.8. The van der Waals surface area contributed by atoms with Gasteiger partial charge in [-0.1, -0.05) is 6.07 Å². The second-order valence-corrected chi connectivity index (χ2v) is 4.32. The first-order chi connectivity index (χ1) is 9.20. The number of nitrogens with one attached hydrogen (secondary N) is 1. The largest absolute Gasteiger partial charge is 0.378 e. The maximum Gasteiger partial charge on any atom is 0.244 e. The minimum atomic E-state index is -0.375. The average molecular weight is 260 g/mol. The molecule has 1 aromatic rings. The number of nitriles is 1. The van der Waals surface area contributed by atoms with Crippen LogP contribution in [0.1, 0.15) is 12.6 Å². The van der Waals surface area contributed by atoms with Crippen molar-refractivity contribution in [2.45, 2.75) is 13.0 Å². The minimum Gasteiger partial charge on any atom is -0.378 e. The molecular formula is C13H16N4O2. The molecule has 1 atom stereocenters. The summed E-state index contributed by atoms with van der Waals surface area (Å²) in [7, 11) is 0. The van der Waals surface area contributed by atoms with E-state index in [0.717, 1.165) is 0 Å². The molecule has 1 N–H and O–H groups in total. The smallest absolute Gasteiger partial charge is 0.244 e. The Bertz CT molecular complexity index is 492. The number of aromatic nitrogens is 1. The van der Waals surface area contributed by atoms with E-state index in [4.69, 9.17) is 10.00 Å². The van der Waals surface area contributed by atoms with E-state index in [-0.39, 0.29) is 11.9 Å². The zero-order chi connectivity index (χ0) is 13.7. The number of nitrogens with zero attached hydrogens (tertiary/aromatic N) is 3. The second kappa shape index (κ2) is 6.16. The molecule has 1 fully saturated rings. The molecule has 6 heteroatoms. The number of ether oxygens (including phenoxy) is 1. The van der Waals surface area contributed by atoms with Gasteiger partial charge in [-0.25, -0.2) is 4.98 Å². The summed E-state index contributed by atoms with van der Waals surface area (Å²) in [6, 6.07) is 6.70. The summed E-state index contributed by atoms with van der Waals surface area (Å²) < 4.78 is 5.22. The van der Waals surface area contributed by atoms with Crippen LogP contribution in [0.3, 0.4) is 0 Å². The van der Waals surface area contributed by atoms with Gasteiger partial charge in [0.25, 0.3) is 0 Å². The second-order valence-electron chi connectivity index (χ2n) is 4.32. The molecule has 1 aromatic heterocycles. The molecule has 1 saturated heterocycles. The SMILES string of the molecule is CC(Nc1cccc(C#N)n1)C(=O)N1CCOCC1. The van der Waals surface area contributed by atoms with Gasteiger partial charge in [-0.05, 0) is 19.1 Å². The molecule has 2 rings (SSSR count). The van der Waals surface area contributed by atoms with Gasteiger partial charge in [0, 0.05) is 13.1 Å². The van der Waals surface area contributed by atoms with Gasteiger partial charge in [-0.15, -0.1) is 0 Å². The number of rotatable bonds is 3. The van der Waals surface area contributed by atoms with E-state index < -0.39 is 0 Å². The molecule has 0 spiro atoms. The van der Waals surface area contributed by atoms with Crippen LogP contribution in [0.25, 0.3) is 0 Å². The van der Waals surface area contributed by atoms with E-state index in [1.165, 1.54) is 0 Å². The molecule has 0 bridgehead atoms. The van der Waals surface area contributed by atoms with Crippen LogP contribution >= 0.6 is 0 Å². The Hall–Kier alpha value is -2.13. The number of hydrogen-bond donors (Lipinski definition) is 1. The molecule has 6 nitrogen and oxygen atoms in total. The van der Waals surface area contributed by atoms with Gasteiger partial charge >= 0.3 is 0 Å². The fourth-order valence-electron chi connectivity index (χ4n) is 1.92. The van der Waals surface area contributed by atoms with E-state index in [1.54, 1.807) is 30.0 Å². The topological polar surface area (TPSA) is 78.2 Å². The van der Waals surface area contributed by atoms with Crippen molar-refractivity contribution in [3.8, 4) is 6.07 Å². The van der Waals surface area contributed by atoms with E-state index >= 15 is 0 Å². The molecule has 1 unspecified atom stereocenters. The van der Waals surface area contributed by atoms with Crippen LogP contribution in [0, 0.1) is 11.3 Å². The van der Waals surface area contributed by atoms with E-state index in [1.807, 2.05) is 6.07 Å². The fraction of sp³-hybridized carbons (Fsp3) is 0.462. The normalized spacial score (nSPS) is 16.5. The summed E-state index contributed by atoms with van der Waals surface area (Å²) in [4.78, 5) is 18.0. The summed E-state index contributed by atoms with van der Waals surface area (Å²) in [6.45, 7) is 4.20. The van der Waals surface area contributed by atoms with Gasteiger partial charge < -0.3 is 15.0 Å². The number of carbonyl (C=O) groups excluding carboxylic acids is 1. The molecule has 0 saturated carbocycles. The Morgan fingerprint density at radius 1 is 1.53 bits per heavy atom. The predicted octanol–water partition coefficient (Wildman–Crippen LogP) is 0.612. The average Bonchev–Trinajstić information content (AvgIpc) is 2.47. The van der Waals surface area contributed by atoms with Crippen molar-refractivity contribution in [1.29, 1.82) is 5.26 Å². The fourth-order valence-corrected chi connectivity index (χ4v) is 1.92. The quantitative estimate of drug-likeness (QED) is 0.861. The van der Waals surface area contributed by atoms with Gasteiger partial charge in [0.1, 0.15) is 23.6 Å². The Kier molecular flexibility index (Phi) is 4.31. The predicted molar refractivity (Wildman–Crippen MR) is 69.4 cm³/mol. The summed E-state index contributed by atoms with van der Waals surface area (Å²) in [5.41, 5.74) is 0.330. The van der Waals surface area contributed by atoms with Crippen LogP contribution in [-0.2, 0) is 9.53 Å². The highest BCUT2D eigenvalue weighted by Crippen LogP contribution is 2.08. The van der Waals surface area contributed by atoms with Crippen LogP contribution < -0.4 is 5.32 Å². The Labute approximate surface area is 112 Å². The van der Waals surface area contributed by atoms with Crippen molar-refractivity contribution in [1.82, 2.24) is 9.88 Å². The molecular weight excluding hydrogens is 244 g/mol. The van der Waals surface area contributed by atoms with Crippen molar-refractivity contribution < 1.29 is 9.53 Å². The summed E-state index contributed by atoms with van der Waals surface area (Å²) in [6.07, 6.45) is 0. The van der Waals surface area contributed by atoms with Crippen molar-refractivity contribution in [3.63, 3.8) is 0 Å². The summed E-state index contributed by atoms with van der Waals surface area (Å²) >= 11 is 0. The Morgan fingerprint density at radius 3 is 2.95 bits per heavy atom. The van der Waals surface area contributed by atoms with Gasteiger partial charge in [0.05, 0.1) is 13.2 Å². The van der Waals surface area contributed by atoms with Crippen molar-refractivity contribution in [2.75, 3.05) is 31.6 Å². The van der Waals surface area contributed by atoms with Crippen LogP contribution in [0.2, 0.25) is 0 Å². The highest BCUT2D eigenvalue weighted by Gasteiger charge is 2.22. The molecule has 0 aliphatic carbocycles. The third-order valence-corrected chi connectivity index (χ3v) is 2.92. The van der Waals surface area contributed by atoms with E-state index in [2.05, 4.69) is 10.3 Å². The molecule has 1 aliphatic heterocycles. The summed E-state index contributed by atoms with van der Waals surface area (Å²) in [5, 5.41) is 11.8. The van der Waals surface area contributed by atoms with Crippen molar-refractivity contribution >= 4 is 11.7 Å². The molecule has 0 radical (unpaired) electrons. The monoisotopic (exact) mass is 260 g/mol. The lowest BCUT2D eigenvalue weighted by Gasteiger charge is -2.29. The highest BCUT2D eigenvalue weighted by molar-refractivity contribution is 5.84. The van der Waals surface area contributed by atoms with E-state index in [9.17, 15) is 4.79 Å². The van der Waals surface area contributed by atoms with Gasteiger partial charge in [-0.2, -0.15) is 5.26 Å². The first kappa shape index (κ1) is 13.3. The lowest BCUT2D eigenvalue weighted by Crippen LogP contribution is -2.47. The molecule has 19 heavy (non-hydrogen) atoms. The van der Waals surface area contributed by atoms with Crippen LogP contribution in [0.15, 0.2) is 18.2 Å². The third-order valence-electron chi connectivity index (χ3n) is 2.92. The number of morpholine rings is 1. The third kappa shape index (κ3) is 3.42. The molecule has 2 heterocycles. The van der Waals surface area contributed by atoms with Gasteiger partial charge in [-0.3, -0.25) is 4.79 Å². The number of hydrogen-bond acceptors (Lipinski definition) is 5. The number of amides is 1. The Balaban J connectivity index is 1.97.